The number of aryl methyl sites for hydroxylation is 1. The fourth-order valence-corrected chi connectivity index (χ4v) is 1.63. The first-order valence-electron chi connectivity index (χ1n) is 5.44. The molecule has 92 valence electrons. The molecular formula is C12H15F2N3. The lowest BCUT2D eigenvalue weighted by Gasteiger charge is -2.13. The first-order valence-corrected chi connectivity index (χ1v) is 5.44. The molecule has 0 spiro atoms. The van der Waals surface area contributed by atoms with Gasteiger partial charge in [0.05, 0.1) is 5.69 Å². The predicted octanol–water partition coefficient (Wildman–Crippen LogP) is 3.27. The number of aromatic nitrogens is 3. The van der Waals surface area contributed by atoms with Crippen molar-refractivity contribution in [1.82, 2.24) is 14.4 Å². The Balaban J connectivity index is 2.65. The number of hydrogen-bond donors (Lipinski definition) is 0. The zero-order valence-electron chi connectivity index (χ0n) is 10.3. The van der Waals surface area contributed by atoms with Gasteiger partial charge in [0, 0.05) is 17.7 Å². The van der Waals surface area contributed by atoms with Crippen molar-refractivity contribution in [2.45, 2.75) is 39.5 Å². The molecule has 3 nitrogen and oxygen atoms in total. The van der Waals surface area contributed by atoms with Gasteiger partial charge in [0.25, 0.3) is 6.43 Å². The van der Waals surface area contributed by atoms with Gasteiger partial charge in [-0.15, -0.1) is 0 Å². The Kier molecular flexibility index (Phi) is 2.64. The van der Waals surface area contributed by atoms with Crippen LogP contribution in [0.25, 0.3) is 5.65 Å². The number of nitrogens with zero attached hydrogens (tertiary/aromatic N) is 3. The third kappa shape index (κ3) is 2.14. The standard InChI is InChI=1S/C12H15F2N3/c1-7-15-8(11(13)14)5-10-16-9(6-17(7)10)12(2,3)4/h5-6,11H,1-4H3. The van der Waals surface area contributed by atoms with E-state index in [1.165, 1.54) is 6.07 Å². The molecule has 2 rings (SSSR count). The second-order valence-corrected chi connectivity index (χ2v) is 5.13. The molecular weight excluding hydrogens is 224 g/mol. The average Bonchev–Trinajstić information content (AvgIpc) is 2.60. The molecule has 0 amide bonds. The minimum absolute atomic E-state index is 0.108. The Labute approximate surface area is 98.5 Å². The van der Waals surface area contributed by atoms with Crippen LogP contribution >= 0.6 is 0 Å². The Morgan fingerprint density at radius 3 is 2.41 bits per heavy atom. The normalized spacial score (nSPS) is 12.6. The molecule has 5 heteroatoms. The molecule has 0 fully saturated rings. The van der Waals surface area contributed by atoms with Gasteiger partial charge in [-0.1, -0.05) is 20.8 Å². The maximum absolute atomic E-state index is 12.6. The van der Waals surface area contributed by atoms with Crippen LogP contribution in [0.3, 0.4) is 0 Å². The van der Waals surface area contributed by atoms with Crippen molar-refractivity contribution in [2.24, 2.45) is 0 Å². The number of halogens is 2. The second-order valence-electron chi connectivity index (χ2n) is 5.13. The molecule has 0 bridgehead atoms. The topological polar surface area (TPSA) is 30.2 Å². The van der Waals surface area contributed by atoms with Gasteiger partial charge >= 0.3 is 0 Å². The van der Waals surface area contributed by atoms with Crippen molar-refractivity contribution in [3.8, 4) is 0 Å². The van der Waals surface area contributed by atoms with E-state index >= 15 is 0 Å². The quantitative estimate of drug-likeness (QED) is 0.764. The lowest BCUT2D eigenvalue weighted by atomic mass is 9.93. The van der Waals surface area contributed by atoms with Crippen molar-refractivity contribution < 1.29 is 8.78 Å². The Morgan fingerprint density at radius 2 is 1.88 bits per heavy atom. The summed E-state index contributed by atoms with van der Waals surface area (Å²) >= 11 is 0. The molecule has 2 aromatic rings. The van der Waals surface area contributed by atoms with E-state index in [9.17, 15) is 8.78 Å². The highest BCUT2D eigenvalue weighted by molar-refractivity contribution is 5.43. The summed E-state index contributed by atoms with van der Waals surface area (Å²) in [6.45, 7) is 7.80. The van der Waals surface area contributed by atoms with Crippen LogP contribution in [0.4, 0.5) is 8.78 Å². The van der Waals surface area contributed by atoms with Gasteiger partial charge in [-0.2, -0.15) is 0 Å². The highest BCUT2D eigenvalue weighted by atomic mass is 19.3. The lowest BCUT2D eigenvalue weighted by molar-refractivity contribution is 0.145. The van der Waals surface area contributed by atoms with Crippen LogP contribution in [0.2, 0.25) is 0 Å². The largest absolute Gasteiger partial charge is 0.288 e. The summed E-state index contributed by atoms with van der Waals surface area (Å²) in [4.78, 5) is 8.25. The summed E-state index contributed by atoms with van der Waals surface area (Å²) in [5.74, 6) is 0.529. The van der Waals surface area contributed by atoms with Crippen LogP contribution in [0.5, 0.6) is 0 Å². The molecule has 0 saturated heterocycles. The summed E-state index contributed by atoms with van der Waals surface area (Å²) in [6, 6.07) is 1.34. The van der Waals surface area contributed by atoms with E-state index in [-0.39, 0.29) is 11.1 Å². The van der Waals surface area contributed by atoms with Crippen LogP contribution in [0, 0.1) is 6.92 Å². The van der Waals surface area contributed by atoms with E-state index in [1.807, 2.05) is 27.0 Å². The van der Waals surface area contributed by atoms with Gasteiger partial charge in [-0.25, -0.2) is 18.7 Å². The van der Waals surface area contributed by atoms with Crippen molar-refractivity contribution >= 4 is 5.65 Å². The second kappa shape index (κ2) is 3.75. The average molecular weight is 239 g/mol. The number of alkyl halides is 2. The molecule has 0 N–H and O–H groups in total. The smallest absolute Gasteiger partial charge is 0.280 e. The first kappa shape index (κ1) is 12.0. The fraction of sp³-hybridized carbons (Fsp3) is 0.500. The lowest BCUT2D eigenvalue weighted by Crippen LogP contribution is -2.11. The number of fused-ring (bicyclic) bond motifs is 1. The molecule has 0 unspecified atom stereocenters. The fourth-order valence-electron chi connectivity index (χ4n) is 1.63. The number of imidazole rings is 1. The highest BCUT2D eigenvalue weighted by Crippen LogP contribution is 2.24. The first-order chi connectivity index (χ1) is 7.79. The van der Waals surface area contributed by atoms with Crippen LogP contribution in [-0.2, 0) is 5.41 Å². The Bertz CT molecular complexity index is 553. The van der Waals surface area contributed by atoms with Gasteiger partial charge < -0.3 is 0 Å². The zero-order chi connectivity index (χ0) is 12.8. The van der Waals surface area contributed by atoms with Crippen molar-refractivity contribution in [2.75, 3.05) is 0 Å². The Hall–Kier alpha value is -1.52. The molecule has 0 atom stereocenters. The van der Waals surface area contributed by atoms with E-state index < -0.39 is 6.43 Å². The van der Waals surface area contributed by atoms with Crippen molar-refractivity contribution in [1.29, 1.82) is 0 Å². The van der Waals surface area contributed by atoms with E-state index in [0.29, 0.717) is 11.5 Å². The summed E-state index contributed by atoms with van der Waals surface area (Å²) in [7, 11) is 0. The summed E-state index contributed by atoms with van der Waals surface area (Å²) in [6.07, 6.45) is -0.708. The van der Waals surface area contributed by atoms with Crippen molar-refractivity contribution in [3.05, 3.63) is 29.5 Å². The monoisotopic (exact) mass is 239 g/mol. The number of hydrogen-bond acceptors (Lipinski definition) is 2. The molecule has 0 aliphatic heterocycles. The third-order valence-electron chi connectivity index (χ3n) is 2.64. The Morgan fingerprint density at radius 1 is 1.24 bits per heavy atom. The maximum atomic E-state index is 12.6. The van der Waals surface area contributed by atoms with E-state index in [1.54, 1.807) is 11.3 Å². The van der Waals surface area contributed by atoms with Crippen molar-refractivity contribution in [3.63, 3.8) is 0 Å². The molecule has 0 saturated carbocycles. The minimum Gasteiger partial charge on any atom is -0.288 e. The third-order valence-corrected chi connectivity index (χ3v) is 2.64. The summed E-state index contributed by atoms with van der Waals surface area (Å²) < 4.78 is 27.0. The van der Waals surface area contributed by atoms with E-state index in [4.69, 9.17) is 0 Å². The summed E-state index contributed by atoms with van der Waals surface area (Å²) in [5.41, 5.74) is 1.07. The van der Waals surface area contributed by atoms with Gasteiger partial charge in [0.1, 0.15) is 17.2 Å². The van der Waals surface area contributed by atoms with E-state index in [0.717, 1.165) is 5.69 Å². The molecule has 0 aliphatic carbocycles. The van der Waals surface area contributed by atoms with Crippen LogP contribution < -0.4 is 0 Å². The molecule has 0 radical (unpaired) electrons. The van der Waals surface area contributed by atoms with Gasteiger partial charge in [-0.3, -0.25) is 4.40 Å². The molecule has 17 heavy (non-hydrogen) atoms. The van der Waals surface area contributed by atoms with Gasteiger partial charge in [0.2, 0.25) is 0 Å². The van der Waals surface area contributed by atoms with Gasteiger partial charge in [0.15, 0.2) is 0 Å². The molecule has 2 heterocycles. The molecule has 0 aliphatic rings. The predicted molar refractivity (Wildman–Crippen MR) is 61.4 cm³/mol. The van der Waals surface area contributed by atoms with Crippen LogP contribution in [0.15, 0.2) is 12.3 Å². The number of rotatable bonds is 1. The minimum atomic E-state index is -2.56. The zero-order valence-corrected chi connectivity index (χ0v) is 10.3. The molecule has 0 aromatic carbocycles. The highest BCUT2D eigenvalue weighted by Gasteiger charge is 2.19. The maximum Gasteiger partial charge on any atom is 0.280 e. The van der Waals surface area contributed by atoms with E-state index in [2.05, 4.69) is 9.97 Å². The van der Waals surface area contributed by atoms with Crippen LogP contribution in [0.1, 0.15) is 44.4 Å². The SMILES string of the molecule is Cc1nc(C(F)F)cc2nc(C(C)(C)C)cn12. The van der Waals surface area contributed by atoms with Gasteiger partial charge in [-0.05, 0) is 6.92 Å². The van der Waals surface area contributed by atoms with Crippen LogP contribution in [-0.4, -0.2) is 14.4 Å². The molecule has 2 aromatic heterocycles. The summed E-state index contributed by atoms with van der Waals surface area (Å²) in [5, 5.41) is 0.